The van der Waals surface area contributed by atoms with E-state index in [0.29, 0.717) is 13.0 Å². The first kappa shape index (κ1) is 14.9. The molecule has 1 fully saturated rings. The summed E-state index contributed by atoms with van der Waals surface area (Å²) in [5.74, 6) is 0.114. The van der Waals surface area contributed by atoms with Crippen LogP contribution >= 0.6 is 0 Å². The summed E-state index contributed by atoms with van der Waals surface area (Å²) in [6.45, 7) is 2.90. The lowest BCUT2D eigenvalue weighted by molar-refractivity contribution is -0.124. The smallest absolute Gasteiger partial charge is 0.222 e. The molecule has 0 aromatic carbocycles. The van der Waals surface area contributed by atoms with Gasteiger partial charge in [0.25, 0.3) is 0 Å². The summed E-state index contributed by atoms with van der Waals surface area (Å²) in [6, 6.07) is 8.01. The molecule has 2 aromatic heterocycles. The van der Waals surface area contributed by atoms with Gasteiger partial charge in [-0.15, -0.1) is 0 Å². The van der Waals surface area contributed by atoms with Crippen molar-refractivity contribution in [2.75, 3.05) is 19.8 Å². The molecular weight excluding hydrogens is 278 g/mol. The first-order valence-corrected chi connectivity index (χ1v) is 7.87. The third kappa shape index (κ3) is 3.42. The minimum absolute atomic E-state index is 0.114. The van der Waals surface area contributed by atoms with Crippen LogP contribution in [0, 0.1) is 0 Å². The van der Waals surface area contributed by atoms with Crippen LogP contribution in [0.1, 0.15) is 19.3 Å². The molecular formula is C17H23N3O2. The van der Waals surface area contributed by atoms with Crippen LogP contribution in [0.25, 0.3) is 0 Å². The molecule has 1 aliphatic rings. The fourth-order valence-electron chi connectivity index (χ4n) is 3.13. The van der Waals surface area contributed by atoms with E-state index in [1.807, 2.05) is 36.7 Å². The molecule has 2 aromatic rings. The standard InChI is InChI=1S/C17H23N3O2/c21-16(18-7-12-19-8-1-2-9-19)15-17(5-13-22-14-6-17)20-10-3-4-11-20/h1-4,8-11H,5-7,12-15H2,(H,18,21). The summed E-state index contributed by atoms with van der Waals surface area (Å²) in [6.07, 6.45) is 10.4. The molecule has 22 heavy (non-hydrogen) atoms. The van der Waals surface area contributed by atoms with Crippen LogP contribution in [0.15, 0.2) is 49.1 Å². The summed E-state index contributed by atoms with van der Waals surface area (Å²) in [4.78, 5) is 12.4. The Morgan fingerprint density at radius 2 is 1.68 bits per heavy atom. The Balaban J connectivity index is 1.57. The highest BCUT2D eigenvalue weighted by molar-refractivity contribution is 5.77. The fraction of sp³-hybridized carbons (Fsp3) is 0.471. The van der Waals surface area contributed by atoms with Crippen molar-refractivity contribution in [3.8, 4) is 0 Å². The second kappa shape index (κ2) is 6.83. The fourth-order valence-corrected chi connectivity index (χ4v) is 3.13. The van der Waals surface area contributed by atoms with E-state index in [1.54, 1.807) is 0 Å². The average Bonchev–Trinajstić information content (AvgIpc) is 3.22. The summed E-state index contributed by atoms with van der Waals surface area (Å²) in [5.41, 5.74) is -0.140. The van der Waals surface area contributed by atoms with Gasteiger partial charge in [0.1, 0.15) is 0 Å². The maximum absolute atomic E-state index is 12.4. The van der Waals surface area contributed by atoms with E-state index in [1.165, 1.54) is 0 Å². The SMILES string of the molecule is O=C(CC1(n2cccc2)CCOCC1)NCCn1cccc1. The summed E-state index contributed by atoms with van der Waals surface area (Å²) < 4.78 is 9.73. The molecule has 0 saturated carbocycles. The van der Waals surface area contributed by atoms with Crippen molar-refractivity contribution >= 4 is 5.91 Å². The largest absolute Gasteiger partial charge is 0.381 e. The van der Waals surface area contributed by atoms with Crippen molar-refractivity contribution in [3.63, 3.8) is 0 Å². The predicted octanol–water partition coefficient (Wildman–Crippen LogP) is 2.00. The van der Waals surface area contributed by atoms with Crippen LogP contribution in [0.3, 0.4) is 0 Å². The van der Waals surface area contributed by atoms with Gasteiger partial charge in [-0.05, 0) is 37.1 Å². The molecule has 1 amide bonds. The maximum Gasteiger partial charge on any atom is 0.222 e. The first-order valence-electron chi connectivity index (χ1n) is 7.87. The number of carbonyl (C=O) groups excluding carboxylic acids is 1. The lowest BCUT2D eigenvalue weighted by Crippen LogP contribution is -2.43. The third-order valence-electron chi connectivity index (χ3n) is 4.42. The zero-order valence-corrected chi connectivity index (χ0v) is 12.8. The summed E-state index contributed by atoms with van der Waals surface area (Å²) in [5, 5.41) is 3.04. The monoisotopic (exact) mass is 301 g/mol. The van der Waals surface area contributed by atoms with Crippen molar-refractivity contribution in [1.82, 2.24) is 14.5 Å². The molecule has 5 heteroatoms. The zero-order valence-electron chi connectivity index (χ0n) is 12.8. The highest BCUT2D eigenvalue weighted by atomic mass is 16.5. The van der Waals surface area contributed by atoms with Crippen LogP contribution in [0.2, 0.25) is 0 Å². The topological polar surface area (TPSA) is 48.2 Å². The number of carbonyl (C=O) groups is 1. The number of hydrogen-bond acceptors (Lipinski definition) is 2. The van der Waals surface area contributed by atoms with E-state index in [-0.39, 0.29) is 11.4 Å². The van der Waals surface area contributed by atoms with Gasteiger partial charge >= 0.3 is 0 Å². The third-order valence-corrected chi connectivity index (χ3v) is 4.42. The number of ether oxygens (including phenoxy) is 1. The van der Waals surface area contributed by atoms with Crippen molar-refractivity contribution in [3.05, 3.63) is 49.1 Å². The summed E-state index contributed by atoms with van der Waals surface area (Å²) in [7, 11) is 0. The Kier molecular flexibility index (Phi) is 4.63. The molecule has 5 nitrogen and oxygen atoms in total. The molecule has 0 unspecified atom stereocenters. The van der Waals surface area contributed by atoms with Crippen molar-refractivity contribution in [1.29, 1.82) is 0 Å². The van der Waals surface area contributed by atoms with E-state index in [0.717, 1.165) is 32.6 Å². The number of aromatic nitrogens is 2. The van der Waals surface area contributed by atoms with Crippen molar-refractivity contribution in [2.24, 2.45) is 0 Å². The molecule has 118 valence electrons. The number of rotatable bonds is 6. The quantitative estimate of drug-likeness (QED) is 0.887. The molecule has 0 radical (unpaired) electrons. The van der Waals surface area contributed by atoms with E-state index < -0.39 is 0 Å². The Bertz CT molecular complexity index is 569. The zero-order chi connectivity index (χ0) is 15.3. The van der Waals surface area contributed by atoms with Gasteiger partial charge in [-0.3, -0.25) is 4.79 Å². The van der Waals surface area contributed by atoms with Gasteiger partial charge in [0, 0.05) is 51.1 Å². The van der Waals surface area contributed by atoms with E-state index in [9.17, 15) is 4.79 Å². The van der Waals surface area contributed by atoms with Gasteiger partial charge in [0.15, 0.2) is 0 Å². The van der Waals surface area contributed by atoms with Gasteiger partial charge in [-0.2, -0.15) is 0 Å². The van der Waals surface area contributed by atoms with E-state index in [4.69, 9.17) is 4.74 Å². The van der Waals surface area contributed by atoms with Crippen molar-refractivity contribution < 1.29 is 9.53 Å². The Morgan fingerprint density at radius 1 is 1.05 bits per heavy atom. The van der Waals surface area contributed by atoms with Crippen LogP contribution in [-0.4, -0.2) is 34.8 Å². The second-order valence-electron chi connectivity index (χ2n) is 5.87. The lowest BCUT2D eigenvalue weighted by atomic mass is 9.86. The highest BCUT2D eigenvalue weighted by Gasteiger charge is 2.35. The van der Waals surface area contributed by atoms with Crippen LogP contribution in [0.5, 0.6) is 0 Å². The Labute approximate surface area is 130 Å². The normalized spacial score (nSPS) is 17.3. The van der Waals surface area contributed by atoms with Gasteiger partial charge in [0.2, 0.25) is 5.91 Å². The lowest BCUT2D eigenvalue weighted by Gasteiger charge is -2.38. The highest BCUT2D eigenvalue weighted by Crippen LogP contribution is 2.32. The maximum atomic E-state index is 12.4. The Morgan fingerprint density at radius 3 is 2.36 bits per heavy atom. The van der Waals surface area contributed by atoms with E-state index >= 15 is 0 Å². The van der Waals surface area contributed by atoms with Crippen molar-refractivity contribution in [2.45, 2.75) is 31.3 Å². The predicted molar refractivity (Wildman–Crippen MR) is 84.5 cm³/mol. The minimum Gasteiger partial charge on any atom is -0.381 e. The second-order valence-corrected chi connectivity index (χ2v) is 5.87. The van der Waals surface area contributed by atoms with Gasteiger partial charge in [0.05, 0.1) is 12.0 Å². The molecule has 0 atom stereocenters. The number of nitrogens with zero attached hydrogens (tertiary/aromatic N) is 2. The van der Waals surface area contributed by atoms with Gasteiger partial charge < -0.3 is 19.2 Å². The summed E-state index contributed by atoms with van der Waals surface area (Å²) >= 11 is 0. The number of hydrogen-bond donors (Lipinski definition) is 1. The average molecular weight is 301 g/mol. The molecule has 1 saturated heterocycles. The molecule has 0 spiro atoms. The van der Waals surface area contributed by atoms with E-state index in [2.05, 4.69) is 26.8 Å². The molecule has 1 aliphatic heterocycles. The van der Waals surface area contributed by atoms with Gasteiger partial charge in [-0.1, -0.05) is 0 Å². The van der Waals surface area contributed by atoms with Crippen LogP contribution < -0.4 is 5.32 Å². The van der Waals surface area contributed by atoms with Crippen LogP contribution in [-0.2, 0) is 21.6 Å². The minimum atomic E-state index is -0.140. The molecule has 3 rings (SSSR count). The number of nitrogens with one attached hydrogen (secondary N) is 1. The number of amides is 1. The van der Waals surface area contributed by atoms with Crippen LogP contribution in [0.4, 0.5) is 0 Å². The molecule has 0 bridgehead atoms. The Hall–Kier alpha value is -2.01. The molecule has 1 N–H and O–H groups in total. The first-order chi connectivity index (χ1) is 10.8. The molecule has 0 aliphatic carbocycles. The van der Waals surface area contributed by atoms with Gasteiger partial charge in [-0.25, -0.2) is 0 Å². The molecule has 3 heterocycles.